The third-order valence-electron chi connectivity index (χ3n) is 5.21. The first kappa shape index (κ1) is 23.0. The Labute approximate surface area is 184 Å². The van der Waals surface area contributed by atoms with Gasteiger partial charge in [0.25, 0.3) is 11.8 Å². The monoisotopic (exact) mass is 440 g/mol. The quantitative estimate of drug-likeness (QED) is 0.447. The van der Waals surface area contributed by atoms with Crippen molar-refractivity contribution in [2.24, 2.45) is 0 Å². The van der Waals surface area contributed by atoms with Crippen LogP contribution in [0.15, 0.2) is 48.5 Å². The maximum atomic E-state index is 12.4. The standard InChI is InChI=1S/C23H24N2O7/c1-31-15-11-9-14(10-12-15)20(27)19(23(30)32-2)24-18(26)8-5-13-25-21(28)16-6-3-4-7-17(16)22(25)29/h3-4,6-7,9-12,19-20,27H,5,8,13H2,1-2H3,(H,24,26). The zero-order chi connectivity index (χ0) is 23.3. The van der Waals surface area contributed by atoms with Crippen molar-refractivity contribution in [3.63, 3.8) is 0 Å². The van der Waals surface area contributed by atoms with E-state index in [-0.39, 0.29) is 19.4 Å². The minimum absolute atomic E-state index is 0.0592. The number of aliphatic hydroxyl groups is 1. The van der Waals surface area contributed by atoms with Gasteiger partial charge in [-0.1, -0.05) is 24.3 Å². The molecule has 0 spiro atoms. The molecule has 168 valence electrons. The van der Waals surface area contributed by atoms with Gasteiger partial charge in [0.15, 0.2) is 6.04 Å². The molecule has 2 unspecified atom stereocenters. The molecule has 3 amide bonds. The summed E-state index contributed by atoms with van der Waals surface area (Å²) in [6.45, 7) is 0.0592. The average Bonchev–Trinajstić information content (AvgIpc) is 3.06. The fourth-order valence-corrected chi connectivity index (χ4v) is 3.47. The van der Waals surface area contributed by atoms with E-state index >= 15 is 0 Å². The lowest BCUT2D eigenvalue weighted by molar-refractivity contribution is -0.148. The first-order valence-electron chi connectivity index (χ1n) is 10.0. The van der Waals surface area contributed by atoms with E-state index in [0.717, 1.165) is 12.0 Å². The van der Waals surface area contributed by atoms with Gasteiger partial charge in [-0.05, 0) is 36.2 Å². The van der Waals surface area contributed by atoms with Gasteiger partial charge in [-0.3, -0.25) is 19.3 Å². The topological polar surface area (TPSA) is 122 Å². The van der Waals surface area contributed by atoms with Crippen molar-refractivity contribution in [3.05, 3.63) is 65.2 Å². The van der Waals surface area contributed by atoms with Crippen LogP contribution in [0.25, 0.3) is 0 Å². The van der Waals surface area contributed by atoms with Crippen molar-refractivity contribution in [3.8, 4) is 5.75 Å². The van der Waals surface area contributed by atoms with Gasteiger partial charge in [-0.2, -0.15) is 0 Å². The van der Waals surface area contributed by atoms with E-state index < -0.39 is 35.8 Å². The van der Waals surface area contributed by atoms with Crippen molar-refractivity contribution in [2.75, 3.05) is 20.8 Å². The summed E-state index contributed by atoms with van der Waals surface area (Å²) in [5, 5.41) is 13.1. The molecule has 1 aliphatic rings. The van der Waals surface area contributed by atoms with Crippen molar-refractivity contribution in [2.45, 2.75) is 25.0 Å². The number of benzene rings is 2. The van der Waals surface area contributed by atoms with E-state index in [4.69, 9.17) is 9.47 Å². The molecule has 0 radical (unpaired) electrons. The number of aliphatic hydroxyl groups excluding tert-OH is 1. The van der Waals surface area contributed by atoms with Gasteiger partial charge in [0.05, 0.1) is 25.3 Å². The lowest BCUT2D eigenvalue weighted by Gasteiger charge is -2.22. The highest BCUT2D eigenvalue weighted by molar-refractivity contribution is 6.21. The molecule has 2 atom stereocenters. The molecule has 0 fully saturated rings. The van der Waals surface area contributed by atoms with E-state index in [1.807, 2.05) is 0 Å². The third kappa shape index (κ3) is 4.78. The van der Waals surface area contributed by atoms with Gasteiger partial charge in [0.1, 0.15) is 11.9 Å². The average molecular weight is 440 g/mol. The largest absolute Gasteiger partial charge is 0.497 e. The molecular formula is C23H24N2O7. The minimum atomic E-state index is -1.34. The molecule has 1 aliphatic heterocycles. The SMILES string of the molecule is COC(=O)C(NC(=O)CCCN1C(=O)c2ccccc2C1=O)C(O)c1ccc(OC)cc1. The van der Waals surface area contributed by atoms with Crippen LogP contribution in [0.5, 0.6) is 5.75 Å². The Bertz CT molecular complexity index is 984. The van der Waals surface area contributed by atoms with E-state index in [9.17, 15) is 24.3 Å². The number of imide groups is 1. The van der Waals surface area contributed by atoms with Crippen molar-refractivity contribution in [1.82, 2.24) is 10.2 Å². The Morgan fingerprint density at radius 2 is 1.59 bits per heavy atom. The molecule has 1 heterocycles. The predicted molar refractivity (Wildman–Crippen MR) is 113 cm³/mol. The summed E-state index contributed by atoms with van der Waals surface area (Å²) >= 11 is 0. The van der Waals surface area contributed by atoms with Gasteiger partial charge in [-0.15, -0.1) is 0 Å². The Morgan fingerprint density at radius 1 is 1.00 bits per heavy atom. The molecule has 2 N–H and O–H groups in total. The zero-order valence-electron chi connectivity index (χ0n) is 17.7. The summed E-state index contributed by atoms with van der Waals surface area (Å²) in [4.78, 5) is 50.5. The number of rotatable bonds is 9. The highest BCUT2D eigenvalue weighted by Gasteiger charge is 2.35. The minimum Gasteiger partial charge on any atom is -0.497 e. The summed E-state index contributed by atoms with van der Waals surface area (Å²) in [7, 11) is 2.66. The number of carbonyl (C=O) groups is 4. The Balaban J connectivity index is 1.58. The third-order valence-corrected chi connectivity index (χ3v) is 5.21. The maximum Gasteiger partial charge on any atom is 0.331 e. The molecule has 0 bridgehead atoms. The van der Waals surface area contributed by atoms with Gasteiger partial charge >= 0.3 is 5.97 Å². The number of fused-ring (bicyclic) bond motifs is 1. The van der Waals surface area contributed by atoms with E-state index in [0.29, 0.717) is 22.4 Å². The lowest BCUT2D eigenvalue weighted by Crippen LogP contribution is -2.45. The van der Waals surface area contributed by atoms with Crippen LogP contribution in [0.3, 0.4) is 0 Å². The lowest BCUT2D eigenvalue weighted by atomic mass is 10.0. The number of ether oxygens (including phenoxy) is 2. The number of nitrogens with one attached hydrogen (secondary N) is 1. The number of esters is 1. The molecule has 32 heavy (non-hydrogen) atoms. The molecule has 0 saturated carbocycles. The molecule has 0 aliphatic carbocycles. The van der Waals surface area contributed by atoms with Crippen LogP contribution in [0.4, 0.5) is 0 Å². The molecule has 2 aromatic carbocycles. The van der Waals surface area contributed by atoms with Gasteiger partial charge < -0.3 is 19.9 Å². The van der Waals surface area contributed by atoms with Gasteiger partial charge in [-0.25, -0.2) is 4.79 Å². The Kier molecular flexibility index (Phi) is 7.21. The summed E-state index contributed by atoms with van der Waals surface area (Å²) in [5.74, 6) is -1.54. The van der Waals surface area contributed by atoms with Gasteiger partial charge in [0, 0.05) is 13.0 Å². The van der Waals surface area contributed by atoms with Crippen molar-refractivity contribution >= 4 is 23.7 Å². The van der Waals surface area contributed by atoms with Gasteiger partial charge in [0.2, 0.25) is 5.91 Å². The van der Waals surface area contributed by atoms with Crippen LogP contribution >= 0.6 is 0 Å². The van der Waals surface area contributed by atoms with E-state index in [2.05, 4.69) is 5.32 Å². The van der Waals surface area contributed by atoms with Crippen molar-refractivity contribution in [1.29, 1.82) is 0 Å². The Morgan fingerprint density at radius 3 is 2.12 bits per heavy atom. The molecule has 9 nitrogen and oxygen atoms in total. The number of hydrogen-bond acceptors (Lipinski definition) is 7. The second kappa shape index (κ2) is 10.1. The fraction of sp³-hybridized carbons (Fsp3) is 0.304. The number of amides is 3. The predicted octanol–water partition coefficient (Wildman–Crippen LogP) is 1.46. The first-order valence-corrected chi connectivity index (χ1v) is 10.0. The highest BCUT2D eigenvalue weighted by atomic mass is 16.5. The number of carbonyl (C=O) groups excluding carboxylic acids is 4. The summed E-state index contributed by atoms with van der Waals surface area (Å²) in [6.07, 6.45) is -1.20. The summed E-state index contributed by atoms with van der Waals surface area (Å²) in [6, 6.07) is 11.6. The first-order chi connectivity index (χ1) is 15.4. The maximum absolute atomic E-state index is 12.4. The molecule has 2 aromatic rings. The number of hydrogen-bond donors (Lipinski definition) is 2. The van der Waals surface area contributed by atoms with Crippen LogP contribution in [0.2, 0.25) is 0 Å². The Hall–Kier alpha value is -3.72. The number of nitrogens with zero attached hydrogens (tertiary/aromatic N) is 1. The molecular weight excluding hydrogens is 416 g/mol. The summed E-state index contributed by atoms with van der Waals surface area (Å²) < 4.78 is 9.78. The van der Waals surface area contributed by atoms with Crippen LogP contribution in [0.1, 0.15) is 45.2 Å². The molecule has 3 rings (SSSR count). The second-order valence-corrected chi connectivity index (χ2v) is 7.20. The highest BCUT2D eigenvalue weighted by Crippen LogP contribution is 2.23. The molecule has 9 heteroatoms. The van der Waals surface area contributed by atoms with Crippen LogP contribution in [-0.4, -0.2) is 60.5 Å². The van der Waals surface area contributed by atoms with Crippen LogP contribution < -0.4 is 10.1 Å². The molecule has 0 saturated heterocycles. The fourth-order valence-electron chi connectivity index (χ4n) is 3.47. The van der Waals surface area contributed by atoms with E-state index in [1.165, 1.54) is 7.11 Å². The molecule has 0 aromatic heterocycles. The van der Waals surface area contributed by atoms with E-state index in [1.54, 1.807) is 48.5 Å². The normalized spacial score (nSPS) is 14.5. The number of methoxy groups -OCH3 is 2. The second-order valence-electron chi connectivity index (χ2n) is 7.20. The summed E-state index contributed by atoms with van der Waals surface area (Å²) in [5.41, 5.74) is 1.08. The van der Waals surface area contributed by atoms with Crippen molar-refractivity contribution < 1.29 is 33.8 Å². The van der Waals surface area contributed by atoms with Crippen LogP contribution in [-0.2, 0) is 14.3 Å². The van der Waals surface area contributed by atoms with Crippen LogP contribution in [0, 0.1) is 0 Å². The smallest absolute Gasteiger partial charge is 0.331 e. The zero-order valence-corrected chi connectivity index (χ0v) is 17.7.